The molecular weight excluding hydrogens is 136 g/mol. The highest BCUT2D eigenvalue weighted by atomic mass is 16.1. The number of hydrogen-bond donors (Lipinski definition) is 0. The summed E-state index contributed by atoms with van der Waals surface area (Å²) in [5, 5.41) is 0. The van der Waals surface area contributed by atoms with E-state index < -0.39 is 0 Å². The standard InChI is InChI=1S/C10H14O/c1-4-9-6-10(11)5-7(2)8(9)3/h1,7-9H,5-6H2,2-3H3. The largest absolute Gasteiger partial charge is 0.300 e. The Hall–Kier alpha value is -0.770. The lowest BCUT2D eigenvalue weighted by Gasteiger charge is -2.29. The van der Waals surface area contributed by atoms with Gasteiger partial charge in [0, 0.05) is 18.8 Å². The van der Waals surface area contributed by atoms with Crippen LogP contribution in [0.3, 0.4) is 0 Å². The van der Waals surface area contributed by atoms with E-state index in [-0.39, 0.29) is 5.92 Å². The fraction of sp³-hybridized carbons (Fsp3) is 0.700. The number of carbonyl (C=O) groups excluding carboxylic acids is 1. The van der Waals surface area contributed by atoms with Crippen molar-refractivity contribution in [1.29, 1.82) is 0 Å². The van der Waals surface area contributed by atoms with Crippen molar-refractivity contribution < 1.29 is 4.79 Å². The van der Waals surface area contributed by atoms with Gasteiger partial charge in [-0.3, -0.25) is 4.79 Å². The SMILES string of the molecule is C#CC1CC(=O)CC(C)C1C. The number of hydrogen-bond acceptors (Lipinski definition) is 1. The lowest BCUT2D eigenvalue weighted by molar-refractivity contribution is -0.123. The average Bonchev–Trinajstić information content (AvgIpc) is 1.96. The second-order valence-electron chi connectivity index (χ2n) is 3.56. The molecule has 1 heteroatoms. The van der Waals surface area contributed by atoms with Crippen LogP contribution in [0.15, 0.2) is 0 Å². The van der Waals surface area contributed by atoms with Gasteiger partial charge in [0.15, 0.2) is 0 Å². The summed E-state index contributed by atoms with van der Waals surface area (Å²) in [5.74, 6) is 4.19. The van der Waals surface area contributed by atoms with Crippen LogP contribution < -0.4 is 0 Å². The van der Waals surface area contributed by atoms with E-state index in [9.17, 15) is 4.79 Å². The van der Waals surface area contributed by atoms with E-state index in [1.54, 1.807) is 0 Å². The van der Waals surface area contributed by atoms with Crippen molar-refractivity contribution in [3.63, 3.8) is 0 Å². The molecule has 11 heavy (non-hydrogen) atoms. The highest BCUT2D eigenvalue weighted by Gasteiger charge is 2.29. The van der Waals surface area contributed by atoms with Gasteiger partial charge in [-0.15, -0.1) is 12.3 Å². The van der Waals surface area contributed by atoms with E-state index in [0.29, 0.717) is 24.0 Å². The van der Waals surface area contributed by atoms with Gasteiger partial charge in [0.25, 0.3) is 0 Å². The van der Waals surface area contributed by atoms with Gasteiger partial charge in [0.1, 0.15) is 5.78 Å². The first-order chi connectivity index (χ1) is 5.15. The van der Waals surface area contributed by atoms with E-state index in [1.165, 1.54) is 0 Å². The quantitative estimate of drug-likeness (QED) is 0.482. The Kier molecular flexibility index (Phi) is 2.34. The van der Waals surface area contributed by atoms with Gasteiger partial charge in [-0.25, -0.2) is 0 Å². The molecule has 0 bridgehead atoms. The summed E-state index contributed by atoms with van der Waals surface area (Å²) in [7, 11) is 0. The first-order valence-corrected chi connectivity index (χ1v) is 4.13. The molecule has 0 aromatic rings. The smallest absolute Gasteiger partial charge is 0.134 e. The molecule has 0 radical (unpaired) electrons. The Morgan fingerprint density at radius 2 is 2.09 bits per heavy atom. The summed E-state index contributed by atoms with van der Waals surface area (Å²) in [6, 6.07) is 0. The minimum absolute atomic E-state index is 0.186. The molecule has 0 aromatic carbocycles. The molecule has 0 aliphatic heterocycles. The molecule has 0 saturated heterocycles. The van der Waals surface area contributed by atoms with Gasteiger partial charge in [0.2, 0.25) is 0 Å². The van der Waals surface area contributed by atoms with Crippen LogP contribution in [0, 0.1) is 30.1 Å². The molecule has 1 saturated carbocycles. The van der Waals surface area contributed by atoms with Gasteiger partial charge in [-0.2, -0.15) is 0 Å². The molecule has 1 aliphatic rings. The predicted molar refractivity (Wildman–Crippen MR) is 44.9 cm³/mol. The van der Waals surface area contributed by atoms with Crippen LogP contribution in [-0.4, -0.2) is 5.78 Å². The Balaban J connectivity index is 2.68. The van der Waals surface area contributed by atoms with Gasteiger partial charge in [-0.1, -0.05) is 13.8 Å². The highest BCUT2D eigenvalue weighted by Crippen LogP contribution is 2.31. The fourth-order valence-corrected chi connectivity index (χ4v) is 1.67. The summed E-state index contributed by atoms with van der Waals surface area (Å²) in [4.78, 5) is 11.1. The molecular formula is C10H14O. The van der Waals surface area contributed by atoms with Crippen molar-refractivity contribution in [3.05, 3.63) is 0 Å². The first kappa shape index (κ1) is 8.33. The zero-order valence-electron chi connectivity index (χ0n) is 7.13. The van der Waals surface area contributed by atoms with Crippen molar-refractivity contribution in [1.82, 2.24) is 0 Å². The third-order valence-corrected chi connectivity index (χ3v) is 2.74. The van der Waals surface area contributed by atoms with Crippen LogP contribution in [0.2, 0.25) is 0 Å². The van der Waals surface area contributed by atoms with Crippen LogP contribution in [0.25, 0.3) is 0 Å². The van der Waals surface area contributed by atoms with Crippen molar-refractivity contribution >= 4 is 5.78 Å². The van der Waals surface area contributed by atoms with Gasteiger partial charge < -0.3 is 0 Å². The number of Topliss-reactive ketones (excluding diaryl/α,β-unsaturated/α-hetero) is 1. The minimum atomic E-state index is 0.186. The van der Waals surface area contributed by atoms with Crippen LogP contribution in [0.1, 0.15) is 26.7 Å². The van der Waals surface area contributed by atoms with Gasteiger partial charge in [-0.05, 0) is 11.8 Å². The lowest BCUT2D eigenvalue weighted by atomic mass is 9.74. The maximum atomic E-state index is 11.1. The molecule has 1 rings (SSSR count). The van der Waals surface area contributed by atoms with Crippen LogP contribution in [0.5, 0.6) is 0 Å². The zero-order chi connectivity index (χ0) is 8.43. The molecule has 1 fully saturated rings. The van der Waals surface area contributed by atoms with E-state index in [2.05, 4.69) is 19.8 Å². The lowest BCUT2D eigenvalue weighted by Crippen LogP contribution is -2.28. The molecule has 0 aromatic heterocycles. The van der Waals surface area contributed by atoms with Crippen LogP contribution >= 0.6 is 0 Å². The third kappa shape index (κ3) is 1.63. The summed E-state index contributed by atoms with van der Waals surface area (Å²) in [6.45, 7) is 4.24. The summed E-state index contributed by atoms with van der Waals surface area (Å²) in [6.07, 6.45) is 6.64. The second-order valence-corrected chi connectivity index (χ2v) is 3.56. The first-order valence-electron chi connectivity index (χ1n) is 4.13. The van der Waals surface area contributed by atoms with Crippen molar-refractivity contribution in [2.24, 2.45) is 17.8 Å². The number of rotatable bonds is 0. The van der Waals surface area contributed by atoms with Gasteiger partial charge >= 0.3 is 0 Å². The highest BCUT2D eigenvalue weighted by molar-refractivity contribution is 5.80. The molecule has 3 unspecified atom stereocenters. The molecule has 0 N–H and O–H groups in total. The Labute approximate surface area is 68.2 Å². The molecule has 1 aliphatic carbocycles. The van der Waals surface area contributed by atoms with E-state index >= 15 is 0 Å². The molecule has 0 heterocycles. The molecule has 0 amide bonds. The second kappa shape index (κ2) is 3.09. The van der Waals surface area contributed by atoms with Crippen LogP contribution in [0.4, 0.5) is 0 Å². The third-order valence-electron chi connectivity index (χ3n) is 2.74. The predicted octanol–water partition coefficient (Wildman–Crippen LogP) is 1.87. The topological polar surface area (TPSA) is 17.1 Å². The number of carbonyl (C=O) groups is 1. The maximum absolute atomic E-state index is 11.1. The minimum Gasteiger partial charge on any atom is -0.300 e. The van der Waals surface area contributed by atoms with Gasteiger partial charge in [0.05, 0.1) is 0 Å². The average molecular weight is 150 g/mol. The molecule has 1 nitrogen and oxygen atoms in total. The molecule has 0 spiro atoms. The zero-order valence-corrected chi connectivity index (χ0v) is 7.13. The fourth-order valence-electron chi connectivity index (χ4n) is 1.67. The number of ketones is 1. The monoisotopic (exact) mass is 150 g/mol. The van der Waals surface area contributed by atoms with Crippen molar-refractivity contribution in [2.45, 2.75) is 26.7 Å². The van der Waals surface area contributed by atoms with E-state index in [4.69, 9.17) is 6.42 Å². The summed E-state index contributed by atoms with van der Waals surface area (Å²) < 4.78 is 0. The van der Waals surface area contributed by atoms with Crippen molar-refractivity contribution in [2.75, 3.05) is 0 Å². The Morgan fingerprint density at radius 3 is 2.64 bits per heavy atom. The molecule has 3 atom stereocenters. The van der Waals surface area contributed by atoms with Crippen molar-refractivity contribution in [3.8, 4) is 12.3 Å². The summed E-state index contributed by atoms with van der Waals surface area (Å²) in [5.41, 5.74) is 0. The molecule has 60 valence electrons. The van der Waals surface area contributed by atoms with E-state index in [1.807, 2.05) is 0 Å². The summed E-state index contributed by atoms with van der Waals surface area (Å²) >= 11 is 0. The maximum Gasteiger partial charge on any atom is 0.134 e. The van der Waals surface area contributed by atoms with Crippen LogP contribution in [-0.2, 0) is 4.79 Å². The van der Waals surface area contributed by atoms with E-state index in [0.717, 1.165) is 6.42 Å². The number of terminal acetylenes is 1. The Bertz CT molecular complexity index is 199. The normalized spacial score (nSPS) is 38.3. The Morgan fingerprint density at radius 1 is 1.45 bits per heavy atom.